The Bertz CT molecular complexity index is 252. The van der Waals surface area contributed by atoms with Crippen LogP contribution in [0.4, 0.5) is 9.59 Å². The first-order chi connectivity index (χ1) is 10.1. The second-order valence-electron chi connectivity index (χ2n) is 4.13. The number of hydrogen-bond acceptors (Lipinski definition) is 5. The molecule has 0 aliphatic rings. The molecule has 9 nitrogen and oxygen atoms in total. The Labute approximate surface area is 124 Å². The lowest BCUT2D eigenvalue weighted by molar-refractivity contribution is 0.0140. The fraction of sp³-hybridized carbons (Fsp3) is 0.833. The minimum atomic E-state index is -0.524. The van der Waals surface area contributed by atoms with E-state index in [1.54, 1.807) is 0 Å². The van der Waals surface area contributed by atoms with E-state index >= 15 is 0 Å². The molecule has 6 N–H and O–H groups in total. The molecule has 0 rings (SSSR count). The third-order valence-electron chi connectivity index (χ3n) is 2.27. The van der Waals surface area contributed by atoms with E-state index < -0.39 is 12.1 Å². The lowest BCUT2D eigenvalue weighted by Crippen LogP contribution is -2.30. The van der Waals surface area contributed by atoms with Crippen LogP contribution in [0.1, 0.15) is 12.8 Å². The average molecular weight is 306 g/mol. The maximum absolute atomic E-state index is 10.4. The summed E-state index contributed by atoms with van der Waals surface area (Å²) in [7, 11) is 0. The van der Waals surface area contributed by atoms with Gasteiger partial charge in [-0.25, -0.2) is 9.59 Å². The summed E-state index contributed by atoms with van der Waals surface area (Å²) in [5, 5.41) is 4.94. The van der Waals surface area contributed by atoms with Crippen molar-refractivity contribution < 1.29 is 23.8 Å². The molecule has 21 heavy (non-hydrogen) atoms. The quantitative estimate of drug-likeness (QED) is 0.310. The van der Waals surface area contributed by atoms with Gasteiger partial charge in [0.1, 0.15) is 0 Å². The van der Waals surface area contributed by atoms with E-state index in [0.29, 0.717) is 65.6 Å². The first kappa shape index (κ1) is 19.4. The molecule has 0 unspecified atom stereocenters. The molecule has 0 saturated carbocycles. The predicted octanol–water partition coefficient (Wildman–Crippen LogP) is -0.847. The number of amides is 4. The number of carbonyl (C=O) groups is 2. The molecule has 9 heteroatoms. The summed E-state index contributed by atoms with van der Waals surface area (Å²) in [6.07, 6.45) is 1.43. The van der Waals surface area contributed by atoms with E-state index in [0.717, 1.165) is 0 Å². The fourth-order valence-electron chi connectivity index (χ4n) is 1.31. The minimum absolute atomic E-state index is 0.496. The largest absolute Gasteiger partial charge is 0.379 e. The highest BCUT2D eigenvalue weighted by atomic mass is 16.5. The first-order valence-electron chi connectivity index (χ1n) is 6.92. The molecule has 0 radical (unpaired) electrons. The van der Waals surface area contributed by atoms with Gasteiger partial charge in [0.25, 0.3) is 0 Å². The molecule has 124 valence electrons. The zero-order valence-electron chi connectivity index (χ0n) is 12.3. The second kappa shape index (κ2) is 14.8. The molecular weight excluding hydrogens is 280 g/mol. The van der Waals surface area contributed by atoms with Crippen LogP contribution in [0, 0.1) is 0 Å². The van der Waals surface area contributed by atoms with Crippen molar-refractivity contribution in [2.24, 2.45) is 11.5 Å². The van der Waals surface area contributed by atoms with E-state index in [1.165, 1.54) is 0 Å². The van der Waals surface area contributed by atoms with Gasteiger partial charge in [0, 0.05) is 26.3 Å². The molecule has 0 aromatic heterocycles. The molecule has 0 aromatic rings. The van der Waals surface area contributed by atoms with Crippen molar-refractivity contribution in [3.8, 4) is 0 Å². The van der Waals surface area contributed by atoms with Gasteiger partial charge in [-0.1, -0.05) is 0 Å². The van der Waals surface area contributed by atoms with Gasteiger partial charge in [-0.15, -0.1) is 0 Å². The number of rotatable bonds is 14. The smallest absolute Gasteiger partial charge is 0.312 e. The minimum Gasteiger partial charge on any atom is -0.379 e. The zero-order chi connectivity index (χ0) is 15.8. The monoisotopic (exact) mass is 306 g/mol. The maximum atomic E-state index is 10.4. The fourth-order valence-corrected chi connectivity index (χ4v) is 1.31. The van der Waals surface area contributed by atoms with Gasteiger partial charge in [0.05, 0.1) is 26.4 Å². The third-order valence-corrected chi connectivity index (χ3v) is 2.27. The van der Waals surface area contributed by atoms with Crippen molar-refractivity contribution in [2.45, 2.75) is 12.8 Å². The van der Waals surface area contributed by atoms with Crippen LogP contribution in [0.5, 0.6) is 0 Å². The Balaban J connectivity index is 2.99. The van der Waals surface area contributed by atoms with Gasteiger partial charge in [0.2, 0.25) is 0 Å². The summed E-state index contributed by atoms with van der Waals surface area (Å²) in [6, 6.07) is -1.05. The van der Waals surface area contributed by atoms with Crippen LogP contribution < -0.4 is 22.1 Å². The van der Waals surface area contributed by atoms with Gasteiger partial charge >= 0.3 is 12.1 Å². The van der Waals surface area contributed by atoms with Gasteiger partial charge in [0.15, 0.2) is 0 Å². The Morgan fingerprint density at radius 1 is 0.667 bits per heavy atom. The van der Waals surface area contributed by atoms with E-state index in [1.807, 2.05) is 0 Å². The average Bonchev–Trinajstić information content (AvgIpc) is 2.42. The highest BCUT2D eigenvalue weighted by molar-refractivity contribution is 5.71. The normalized spacial score (nSPS) is 10.3. The number of nitrogens with one attached hydrogen (secondary N) is 2. The van der Waals surface area contributed by atoms with Crippen molar-refractivity contribution in [3.05, 3.63) is 0 Å². The Hall–Kier alpha value is -1.58. The van der Waals surface area contributed by atoms with Gasteiger partial charge < -0.3 is 36.3 Å². The lowest BCUT2D eigenvalue weighted by Gasteiger charge is -2.07. The summed E-state index contributed by atoms with van der Waals surface area (Å²) in [4.78, 5) is 20.7. The van der Waals surface area contributed by atoms with Gasteiger partial charge in [-0.3, -0.25) is 0 Å². The van der Waals surface area contributed by atoms with Crippen LogP contribution in [-0.4, -0.2) is 64.8 Å². The lowest BCUT2D eigenvalue weighted by atomic mass is 10.4. The third kappa shape index (κ3) is 18.4. The van der Waals surface area contributed by atoms with Crippen molar-refractivity contribution in [1.82, 2.24) is 10.6 Å². The predicted molar refractivity (Wildman–Crippen MR) is 76.9 cm³/mol. The number of nitrogens with two attached hydrogens (primary N) is 2. The maximum Gasteiger partial charge on any atom is 0.312 e. The van der Waals surface area contributed by atoms with Crippen LogP contribution in [-0.2, 0) is 14.2 Å². The summed E-state index contributed by atoms with van der Waals surface area (Å²) in [5.74, 6) is 0. The Kier molecular flexibility index (Phi) is 13.7. The molecule has 0 bridgehead atoms. The van der Waals surface area contributed by atoms with Crippen molar-refractivity contribution in [2.75, 3.05) is 52.7 Å². The van der Waals surface area contributed by atoms with Crippen molar-refractivity contribution in [1.29, 1.82) is 0 Å². The molecule has 0 fully saturated rings. The van der Waals surface area contributed by atoms with Crippen LogP contribution in [0.3, 0.4) is 0 Å². The van der Waals surface area contributed by atoms with Crippen molar-refractivity contribution in [3.63, 3.8) is 0 Å². The van der Waals surface area contributed by atoms with Crippen LogP contribution in [0.25, 0.3) is 0 Å². The van der Waals surface area contributed by atoms with Crippen molar-refractivity contribution >= 4 is 12.1 Å². The van der Waals surface area contributed by atoms with Crippen LogP contribution in [0.15, 0.2) is 0 Å². The van der Waals surface area contributed by atoms with Gasteiger partial charge in [-0.2, -0.15) is 0 Å². The molecule has 0 spiro atoms. The molecule has 4 amide bonds. The zero-order valence-corrected chi connectivity index (χ0v) is 12.3. The van der Waals surface area contributed by atoms with E-state index in [4.69, 9.17) is 25.7 Å². The van der Waals surface area contributed by atoms with Crippen LogP contribution in [0.2, 0.25) is 0 Å². The molecule has 0 heterocycles. The number of hydrogen-bond donors (Lipinski definition) is 4. The van der Waals surface area contributed by atoms with E-state index in [9.17, 15) is 9.59 Å². The number of carbonyl (C=O) groups excluding carboxylic acids is 2. The second-order valence-corrected chi connectivity index (χ2v) is 4.13. The molecule has 0 aromatic carbocycles. The number of primary amides is 2. The Morgan fingerprint density at radius 3 is 1.33 bits per heavy atom. The summed E-state index contributed by atoms with van der Waals surface area (Å²) < 4.78 is 15.9. The van der Waals surface area contributed by atoms with E-state index in [-0.39, 0.29) is 0 Å². The first-order valence-corrected chi connectivity index (χ1v) is 6.92. The molecule has 0 saturated heterocycles. The summed E-state index contributed by atoms with van der Waals surface area (Å²) in [5.41, 5.74) is 9.81. The highest BCUT2D eigenvalue weighted by Crippen LogP contribution is 1.85. The SMILES string of the molecule is NC(=O)NCCCOCCOCCOCCCNC(N)=O. The molecule has 0 aliphatic carbocycles. The number of urea groups is 2. The number of ether oxygens (including phenoxy) is 3. The molecule has 0 atom stereocenters. The van der Waals surface area contributed by atoms with Crippen LogP contribution >= 0.6 is 0 Å². The van der Waals surface area contributed by atoms with E-state index in [2.05, 4.69) is 10.6 Å². The Morgan fingerprint density at radius 2 is 1.00 bits per heavy atom. The molecular formula is C12H26N4O5. The summed E-state index contributed by atoms with van der Waals surface area (Å²) >= 11 is 0. The summed E-state index contributed by atoms with van der Waals surface area (Å²) in [6.45, 7) is 4.10. The van der Waals surface area contributed by atoms with Gasteiger partial charge in [-0.05, 0) is 12.8 Å². The highest BCUT2D eigenvalue weighted by Gasteiger charge is 1.94. The molecule has 0 aliphatic heterocycles. The standard InChI is InChI=1S/C12H26N4O5/c13-11(17)15-3-1-5-19-7-9-21-10-8-20-6-2-4-16-12(14)18/h1-10H2,(H3,13,15,17)(H3,14,16,18). The topological polar surface area (TPSA) is 138 Å².